The number of hydrazone groups is 1. The summed E-state index contributed by atoms with van der Waals surface area (Å²) in [5, 5.41) is 9.45. The van der Waals surface area contributed by atoms with E-state index in [1.807, 2.05) is 0 Å². The normalized spacial score (nSPS) is 18.1. The van der Waals surface area contributed by atoms with E-state index in [1.54, 1.807) is 0 Å². The lowest BCUT2D eigenvalue weighted by atomic mass is 9.99. The first-order chi connectivity index (χ1) is 13.3. The number of sulfonamides is 1. The van der Waals surface area contributed by atoms with E-state index in [4.69, 9.17) is 5.14 Å². The van der Waals surface area contributed by atoms with Gasteiger partial charge in [-0.15, -0.1) is 0 Å². The minimum absolute atomic E-state index is 0.0154. The summed E-state index contributed by atoms with van der Waals surface area (Å²) in [5.41, 5.74) is -2.10. The van der Waals surface area contributed by atoms with Gasteiger partial charge in [0.1, 0.15) is 5.71 Å². The topological polar surface area (TPSA) is 75.8 Å². The van der Waals surface area contributed by atoms with Crippen molar-refractivity contribution < 1.29 is 34.8 Å². The molecule has 12 heteroatoms. The maximum atomic E-state index is 13.2. The van der Waals surface area contributed by atoms with Gasteiger partial charge in [0.05, 0.1) is 22.2 Å². The molecule has 2 aromatic carbocycles. The van der Waals surface area contributed by atoms with Gasteiger partial charge in [0.15, 0.2) is 0 Å². The van der Waals surface area contributed by atoms with Crippen molar-refractivity contribution in [2.75, 3.05) is 5.01 Å². The molecule has 0 aliphatic carbocycles. The van der Waals surface area contributed by atoms with Crippen molar-refractivity contribution in [2.24, 2.45) is 10.2 Å². The number of benzene rings is 2. The fraction of sp³-hybridized carbons (Fsp3) is 0.235. The predicted octanol–water partition coefficient (Wildman–Crippen LogP) is 4.22. The van der Waals surface area contributed by atoms with Crippen LogP contribution in [0.15, 0.2) is 58.5 Å². The number of hydrogen-bond donors (Lipinski definition) is 1. The van der Waals surface area contributed by atoms with Crippen LogP contribution in [-0.2, 0) is 16.2 Å². The summed E-state index contributed by atoms with van der Waals surface area (Å²) < 4.78 is 101. The summed E-state index contributed by atoms with van der Waals surface area (Å²) in [6.45, 7) is 0. The van der Waals surface area contributed by atoms with Crippen molar-refractivity contribution in [3.05, 3.63) is 59.7 Å². The molecule has 0 amide bonds. The van der Waals surface area contributed by atoms with Gasteiger partial charge in [-0.1, -0.05) is 12.1 Å². The molecule has 2 aromatic rings. The average Bonchev–Trinajstić information content (AvgIpc) is 3.06. The quantitative estimate of drug-likeness (QED) is 0.731. The maximum Gasteiger partial charge on any atom is 0.431 e. The van der Waals surface area contributed by atoms with Gasteiger partial charge in [-0.3, -0.25) is 5.01 Å². The zero-order chi connectivity index (χ0) is 21.6. The van der Waals surface area contributed by atoms with E-state index < -0.39 is 46.1 Å². The minimum Gasteiger partial charge on any atom is -0.257 e. The molecule has 0 spiro atoms. The molecule has 1 aliphatic heterocycles. The largest absolute Gasteiger partial charge is 0.431 e. The van der Waals surface area contributed by atoms with E-state index in [0.29, 0.717) is 0 Å². The number of hydrogen-bond acceptors (Lipinski definition) is 4. The summed E-state index contributed by atoms with van der Waals surface area (Å²) in [6.07, 6.45) is -10.1. The first-order valence-corrected chi connectivity index (χ1v) is 9.55. The second-order valence-corrected chi connectivity index (χ2v) is 7.83. The summed E-state index contributed by atoms with van der Waals surface area (Å²) in [4.78, 5) is -0.268. The van der Waals surface area contributed by atoms with Crippen molar-refractivity contribution in [3.8, 4) is 0 Å². The molecular formula is C17H13F6N3O2S. The summed E-state index contributed by atoms with van der Waals surface area (Å²) >= 11 is 0. The average molecular weight is 437 g/mol. The molecule has 1 heterocycles. The molecule has 1 aliphatic rings. The molecule has 0 bridgehead atoms. The number of halogens is 6. The van der Waals surface area contributed by atoms with E-state index in [9.17, 15) is 34.8 Å². The zero-order valence-corrected chi connectivity index (χ0v) is 15.2. The molecule has 0 radical (unpaired) electrons. The number of alkyl halides is 6. The van der Waals surface area contributed by atoms with E-state index in [2.05, 4.69) is 5.10 Å². The highest BCUT2D eigenvalue weighted by Gasteiger charge is 2.44. The Morgan fingerprint density at radius 1 is 0.966 bits per heavy atom. The van der Waals surface area contributed by atoms with Gasteiger partial charge >= 0.3 is 12.4 Å². The third-order valence-electron chi connectivity index (χ3n) is 4.27. The highest BCUT2D eigenvalue weighted by atomic mass is 32.2. The number of primary sulfonamides is 1. The third-order valence-corrected chi connectivity index (χ3v) is 5.20. The van der Waals surface area contributed by atoms with Gasteiger partial charge in [-0.25, -0.2) is 13.6 Å². The lowest BCUT2D eigenvalue weighted by Gasteiger charge is -2.24. The SMILES string of the molecule is NS(=O)(=O)c1ccc(N2N=C(C(F)(F)F)CC2c2cccc(C(F)(F)F)c2)cc1. The Kier molecular flexibility index (Phi) is 5.11. The van der Waals surface area contributed by atoms with Crippen LogP contribution in [0.3, 0.4) is 0 Å². The molecule has 0 fully saturated rings. The van der Waals surface area contributed by atoms with Crippen LogP contribution < -0.4 is 10.1 Å². The fourth-order valence-corrected chi connectivity index (χ4v) is 3.41. The van der Waals surface area contributed by atoms with E-state index >= 15 is 0 Å². The number of rotatable bonds is 3. The van der Waals surface area contributed by atoms with E-state index in [-0.39, 0.29) is 16.1 Å². The van der Waals surface area contributed by atoms with Crippen LogP contribution in [0.2, 0.25) is 0 Å². The molecule has 0 aromatic heterocycles. The number of nitrogens with two attached hydrogens (primary N) is 1. The maximum absolute atomic E-state index is 13.2. The molecule has 0 saturated heterocycles. The lowest BCUT2D eigenvalue weighted by Crippen LogP contribution is -2.21. The Bertz CT molecular complexity index is 1050. The van der Waals surface area contributed by atoms with E-state index in [1.165, 1.54) is 18.2 Å². The highest BCUT2D eigenvalue weighted by molar-refractivity contribution is 7.89. The van der Waals surface area contributed by atoms with Gasteiger partial charge in [0, 0.05) is 6.42 Å². The Morgan fingerprint density at radius 2 is 1.59 bits per heavy atom. The summed E-state index contributed by atoms with van der Waals surface area (Å²) in [7, 11) is -4.02. The van der Waals surface area contributed by atoms with Gasteiger partial charge in [0.2, 0.25) is 10.0 Å². The van der Waals surface area contributed by atoms with E-state index in [0.717, 1.165) is 35.3 Å². The molecule has 29 heavy (non-hydrogen) atoms. The van der Waals surface area contributed by atoms with Crippen molar-refractivity contribution in [2.45, 2.75) is 29.7 Å². The van der Waals surface area contributed by atoms with Crippen LogP contribution in [0, 0.1) is 0 Å². The Morgan fingerprint density at radius 3 is 2.10 bits per heavy atom. The zero-order valence-electron chi connectivity index (χ0n) is 14.4. The lowest BCUT2D eigenvalue weighted by molar-refractivity contribution is -0.137. The first-order valence-electron chi connectivity index (χ1n) is 8.01. The highest BCUT2D eigenvalue weighted by Crippen LogP contribution is 2.40. The smallest absolute Gasteiger partial charge is 0.257 e. The van der Waals surface area contributed by atoms with Gasteiger partial charge in [-0.05, 0) is 42.0 Å². The summed E-state index contributed by atoms with van der Waals surface area (Å²) in [6, 6.07) is 7.33. The Balaban J connectivity index is 2.05. The molecule has 156 valence electrons. The fourth-order valence-electron chi connectivity index (χ4n) is 2.89. The van der Waals surface area contributed by atoms with Crippen molar-refractivity contribution in [3.63, 3.8) is 0 Å². The van der Waals surface area contributed by atoms with Gasteiger partial charge in [0.25, 0.3) is 0 Å². The van der Waals surface area contributed by atoms with Crippen LogP contribution in [0.25, 0.3) is 0 Å². The minimum atomic E-state index is -4.77. The molecular weight excluding hydrogens is 424 g/mol. The molecule has 1 unspecified atom stereocenters. The van der Waals surface area contributed by atoms with Crippen LogP contribution in [0.5, 0.6) is 0 Å². The number of anilines is 1. The first kappa shape index (κ1) is 21.1. The van der Waals surface area contributed by atoms with Crippen LogP contribution in [-0.4, -0.2) is 20.3 Å². The van der Waals surface area contributed by atoms with Crippen LogP contribution >= 0.6 is 0 Å². The second kappa shape index (κ2) is 7.02. The second-order valence-electron chi connectivity index (χ2n) is 6.27. The third kappa shape index (κ3) is 4.53. The van der Waals surface area contributed by atoms with Crippen molar-refractivity contribution in [1.82, 2.24) is 0 Å². The van der Waals surface area contributed by atoms with Crippen molar-refractivity contribution in [1.29, 1.82) is 0 Å². The number of nitrogens with zero attached hydrogens (tertiary/aromatic N) is 2. The molecule has 2 N–H and O–H groups in total. The van der Waals surface area contributed by atoms with Gasteiger partial charge in [-0.2, -0.15) is 31.4 Å². The monoisotopic (exact) mass is 437 g/mol. The summed E-state index contributed by atoms with van der Waals surface area (Å²) in [5.74, 6) is 0. The molecule has 1 atom stereocenters. The van der Waals surface area contributed by atoms with Crippen LogP contribution in [0.4, 0.5) is 32.0 Å². The molecule has 0 saturated carbocycles. The van der Waals surface area contributed by atoms with Crippen LogP contribution in [0.1, 0.15) is 23.6 Å². The molecule has 5 nitrogen and oxygen atoms in total. The Hall–Kier alpha value is -2.60. The standard InChI is InChI=1S/C17H13F6N3O2S/c18-16(19,20)11-3-1-2-10(8-11)14-9-15(17(21,22)23)25-26(14)12-4-6-13(7-5-12)29(24,27)28/h1-8,14H,9H2,(H2,24,27,28). The molecule has 3 rings (SSSR count). The van der Waals surface area contributed by atoms with Crippen molar-refractivity contribution >= 4 is 21.4 Å². The predicted molar refractivity (Wildman–Crippen MR) is 92.6 cm³/mol. The van der Waals surface area contributed by atoms with Gasteiger partial charge < -0.3 is 0 Å². The Labute approximate surface area is 161 Å².